The van der Waals surface area contributed by atoms with Gasteiger partial charge >= 0.3 is 0 Å². The van der Waals surface area contributed by atoms with Crippen molar-refractivity contribution >= 4 is 17.1 Å². The first-order valence-electron chi connectivity index (χ1n) is 6.72. The van der Waals surface area contributed by atoms with Crippen molar-refractivity contribution in [2.45, 2.75) is 38.0 Å². The Morgan fingerprint density at radius 2 is 1.67 bits per heavy atom. The predicted molar refractivity (Wildman–Crippen MR) is 74.9 cm³/mol. The second-order valence-electron chi connectivity index (χ2n) is 5.46. The van der Waals surface area contributed by atoms with Gasteiger partial charge in [0, 0.05) is 0 Å². The lowest BCUT2D eigenvalue weighted by Gasteiger charge is -2.24. The predicted octanol–water partition coefficient (Wildman–Crippen LogP) is 4.16. The summed E-state index contributed by atoms with van der Waals surface area (Å²) in [4.78, 5) is 11.7. The van der Waals surface area contributed by atoms with Crippen molar-refractivity contribution in [2.24, 2.45) is 0 Å². The number of benzene rings is 2. The van der Waals surface area contributed by atoms with Crippen LogP contribution in [0, 0.1) is 6.92 Å². The Balaban J connectivity index is 2.29. The highest BCUT2D eigenvalue weighted by atomic mass is 16.1. The summed E-state index contributed by atoms with van der Waals surface area (Å²) in [6.07, 6.45) is 5.53. The molecular weight excluding hydrogens is 220 g/mol. The van der Waals surface area contributed by atoms with Crippen molar-refractivity contribution in [3.63, 3.8) is 0 Å². The quantitative estimate of drug-likeness (QED) is 0.718. The summed E-state index contributed by atoms with van der Waals surface area (Å²) in [5.74, 6) is 0. The summed E-state index contributed by atoms with van der Waals surface area (Å²) < 4.78 is 0. The van der Waals surface area contributed by atoms with E-state index in [1.807, 2.05) is 0 Å². The molecule has 92 valence electrons. The molecule has 0 unspecified atom stereocenters. The Hall–Kier alpha value is -1.63. The molecule has 0 N–H and O–H groups in total. The van der Waals surface area contributed by atoms with Crippen LogP contribution in [0.5, 0.6) is 0 Å². The first-order valence-corrected chi connectivity index (χ1v) is 6.72. The van der Waals surface area contributed by atoms with Gasteiger partial charge in [0.1, 0.15) is 6.29 Å². The van der Waals surface area contributed by atoms with E-state index in [1.54, 1.807) is 0 Å². The maximum Gasteiger partial charge on any atom is 0.130 e. The van der Waals surface area contributed by atoms with Gasteiger partial charge in [-0.1, -0.05) is 49.2 Å². The van der Waals surface area contributed by atoms with Crippen LogP contribution in [0.15, 0.2) is 36.4 Å². The molecule has 0 aliphatic heterocycles. The fourth-order valence-electron chi connectivity index (χ4n) is 3.36. The normalized spacial score (nSPS) is 18.1. The van der Waals surface area contributed by atoms with Gasteiger partial charge in [-0.3, -0.25) is 0 Å². The third kappa shape index (κ3) is 1.58. The highest BCUT2D eigenvalue weighted by Gasteiger charge is 2.36. The first kappa shape index (κ1) is 11.5. The number of carbonyl (C=O) groups is 1. The molecule has 1 aliphatic carbocycles. The van der Waals surface area contributed by atoms with E-state index in [1.165, 1.54) is 41.0 Å². The van der Waals surface area contributed by atoms with Crippen molar-refractivity contribution < 1.29 is 4.79 Å². The van der Waals surface area contributed by atoms with E-state index >= 15 is 0 Å². The third-order valence-electron chi connectivity index (χ3n) is 4.40. The molecule has 1 saturated carbocycles. The first-order chi connectivity index (χ1) is 8.77. The lowest BCUT2D eigenvalue weighted by Crippen LogP contribution is -2.24. The van der Waals surface area contributed by atoms with Crippen LogP contribution in [0.1, 0.15) is 36.8 Å². The molecule has 1 fully saturated rings. The van der Waals surface area contributed by atoms with Gasteiger partial charge < -0.3 is 4.79 Å². The molecule has 3 rings (SSSR count). The van der Waals surface area contributed by atoms with Crippen LogP contribution in [-0.4, -0.2) is 6.29 Å². The highest BCUT2D eigenvalue weighted by Crippen LogP contribution is 2.42. The van der Waals surface area contributed by atoms with Crippen LogP contribution < -0.4 is 0 Å². The monoisotopic (exact) mass is 238 g/mol. The molecule has 2 aromatic carbocycles. The Kier molecular flexibility index (Phi) is 2.70. The smallest absolute Gasteiger partial charge is 0.130 e. The zero-order chi connectivity index (χ0) is 12.6. The van der Waals surface area contributed by atoms with Crippen LogP contribution in [0.25, 0.3) is 10.8 Å². The molecule has 1 heteroatoms. The van der Waals surface area contributed by atoms with Crippen LogP contribution in [0.2, 0.25) is 0 Å². The fraction of sp³-hybridized carbons (Fsp3) is 0.353. The van der Waals surface area contributed by atoms with E-state index < -0.39 is 0 Å². The number of rotatable bonds is 2. The fourth-order valence-corrected chi connectivity index (χ4v) is 3.36. The van der Waals surface area contributed by atoms with E-state index in [0.717, 1.165) is 12.8 Å². The van der Waals surface area contributed by atoms with E-state index in [2.05, 4.69) is 43.3 Å². The maximum atomic E-state index is 11.7. The summed E-state index contributed by atoms with van der Waals surface area (Å²) in [6, 6.07) is 12.8. The lowest BCUT2D eigenvalue weighted by molar-refractivity contribution is -0.112. The average Bonchev–Trinajstić information content (AvgIpc) is 2.89. The van der Waals surface area contributed by atoms with Crippen LogP contribution in [0.4, 0.5) is 0 Å². The summed E-state index contributed by atoms with van der Waals surface area (Å²) >= 11 is 0. The molecule has 0 radical (unpaired) electrons. The third-order valence-corrected chi connectivity index (χ3v) is 4.40. The summed E-state index contributed by atoms with van der Waals surface area (Å²) in [5, 5.41) is 2.54. The summed E-state index contributed by atoms with van der Waals surface area (Å²) in [7, 11) is 0. The van der Waals surface area contributed by atoms with Gasteiger partial charge in [-0.05, 0) is 41.7 Å². The number of carbonyl (C=O) groups excluding carboxylic acids is 1. The topological polar surface area (TPSA) is 17.1 Å². The molecule has 0 heterocycles. The van der Waals surface area contributed by atoms with Crippen LogP contribution in [0.3, 0.4) is 0 Å². The van der Waals surface area contributed by atoms with Crippen molar-refractivity contribution in [3.05, 3.63) is 47.5 Å². The standard InChI is InChI=1S/C17H18O/c1-13-6-4-8-15-14(13)7-5-9-16(15)17(12-18)10-2-3-11-17/h4-9,12H,2-3,10-11H2,1H3. The lowest BCUT2D eigenvalue weighted by atomic mass is 9.78. The van der Waals surface area contributed by atoms with Crippen LogP contribution >= 0.6 is 0 Å². The van der Waals surface area contributed by atoms with Crippen LogP contribution in [-0.2, 0) is 10.2 Å². The molecule has 1 nitrogen and oxygen atoms in total. The van der Waals surface area contributed by atoms with E-state index in [0.29, 0.717) is 0 Å². The molecular formula is C17H18O. The number of hydrogen-bond donors (Lipinski definition) is 0. The largest absolute Gasteiger partial charge is 0.302 e. The van der Waals surface area contributed by atoms with Crippen molar-refractivity contribution in [2.75, 3.05) is 0 Å². The molecule has 0 aromatic heterocycles. The van der Waals surface area contributed by atoms with E-state index in [4.69, 9.17) is 0 Å². The molecule has 1 aliphatic rings. The molecule has 18 heavy (non-hydrogen) atoms. The van der Waals surface area contributed by atoms with Gasteiger partial charge in [0.15, 0.2) is 0 Å². The van der Waals surface area contributed by atoms with E-state index in [-0.39, 0.29) is 5.41 Å². The minimum absolute atomic E-state index is 0.229. The number of aryl methyl sites for hydroxylation is 1. The minimum atomic E-state index is -0.229. The van der Waals surface area contributed by atoms with Gasteiger partial charge in [-0.2, -0.15) is 0 Å². The molecule has 0 amide bonds. The van der Waals surface area contributed by atoms with Gasteiger partial charge in [0.25, 0.3) is 0 Å². The maximum absolute atomic E-state index is 11.7. The average molecular weight is 238 g/mol. The number of hydrogen-bond acceptors (Lipinski definition) is 1. The van der Waals surface area contributed by atoms with E-state index in [9.17, 15) is 4.79 Å². The number of aldehydes is 1. The second-order valence-corrected chi connectivity index (χ2v) is 5.46. The molecule has 2 aromatic rings. The molecule has 0 atom stereocenters. The highest BCUT2D eigenvalue weighted by molar-refractivity contribution is 5.92. The molecule has 0 bridgehead atoms. The van der Waals surface area contributed by atoms with Gasteiger partial charge in [-0.15, -0.1) is 0 Å². The Morgan fingerprint density at radius 1 is 1.00 bits per heavy atom. The van der Waals surface area contributed by atoms with Crippen molar-refractivity contribution in [1.82, 2.24) is 0 Å². The zero-order valence-electron chi connectivity index (χ0n) is 10.8. The van der Waals surface area contributed by atoms with Crippen molar-refractivity contribution in [3.8, 4) is 0 Å². The zero-order valence-corrected chi connectivity index (χ0v) is 10.8. The second kappa shape index (κ2) is 4.24. The molecule has 0 saturated heterocycles. The van der Waals surface area contributed by atoms with Gasteiger partial charge in [0.05, 0.1) is 5.41 Å². The Bertz CT molecular complexity index is 592. The van der Waals surface area contributed by atoms with Gasteiger partial charge in [-0.25, -0.2) is 0 Å². The Labute approximate surface area is 108 Å². The minimum Gasteiger partial charge on any atom is -0.302 e. The van der Waals surface area contributed by atoms with Gasteiger partial charge in [0.2, 0.25) is 0 Å². The number of fused-ring (bicyclic) bond motifs is 1. The Morgan fingerprint density at radius 3 is 2.39 bits per heavy atom. The summed E-state index contributed by atoms with van der Waals surface area (Å²) in [6.45, 7) is 2.13. The molecule has 0 spiro atoms. The SMILES string of the molecule is Cc1cccc2c(C3(C=O)CCCC3)cccc12. The van der Waals surface area contributed by atoms with Crippen molar-refractivity contribution in [1.29, 1.82) is 0 Å². The summed E-state index contributed by atoms with van der Waals surface area (Å²) in [5.41, 5.74) is 2.29.